The second-order valence-electron chi connectivity index (χ2n) is 5.74. The van der Waals surface area contributed by atoms with Gasteiger partial charge in [0.1, 0.15) is 5.75 Å². The Balaban J connectivity index is 1.80. The number of nitrogens with two attached hydrogens (primary N) is 1. The van der Waals surface area contributed by atoms with Gasteiger partial charge < -0.3 is 10.5 Å². The van der Waals surface area contributed by atoms with Crippen molar-refractivity contribution in [2.75, 3.05) is 13.2 Å². The Bertz CT molecular complexity index is 433. The first-order valence-corrected chi connectivity index (χ1v) is 7.24. The lowest BCUT2D eigenvalue weighted by molar-refractivity contribution is 0.250. The molecular weight excluding hydrogens is 246 g/mol. The average molecular weight is 266 g/mol. The van der Waals surface area contributed by atoms with Gasteiger partial charge in [0.05, 0.1) is 11.6 Å². The zero-order chi connectivity index (χ0) is 12.6. The molecule has 3 rings (SSSR count). The zero-order valence-electron chi connectivity index (χ0n) is 10.6. The van der Waals surface area contributed by atoms with E-state index >= 15 is 0 Å². The summed E-state index contributed by atoms with van der Waals surface area (Å²) < 4.78 is 5.84. The Hall–Kier alpha value is -0.730. The minimum atomic E-state index is 0.183. The van der Waals surface area contributed by atoms with Crippen molar-refractivity contribution >= 4 is 11.6 Å². The second kappa shape index (κ2) is 4.75. The third kappa shape index (κ3) is 2.24. The van der Waals surface area contributed by atoms with Crippen LogP contribution in [0.1, 0.15) is 37.7 Å². The summed E-state index contributed by atoms with van der Waals surface area (Å²) in [6.45, 7) is 1.52. The Morgan fingerprint density at radius 3 is 2.67 bits per heavy atom. The van der Waals surface area contributed by atoms with Crippen LogP contribution in [0, 0.1) is 5.92 Å². The van der Waals surface area contributed by atoms with E-state index in [1.165, 1.54) is 37.7 Å². The fourth-order valence-electron chi connectivity index (χ4n) is 2.65. The molecule has 2 aliphatic carbocycles. The molecule has 2 fully saturated rings. The van der Waals surface area contributed by atoms with Gasteiger partial charge in [0.2, 0.25) is 0 Å². The molecule has 1 aromatic rings. The third-order valence-corrected chi connectivity index (χ3v) is 4.73. The van der Waals surface area contributed by atoms with E-state index < -0.39 is 0 Å². The van der Waals surface area contributed by atoms with Crippen LogP contribution in [-0.2, 0) is 5.41 Å². The average Bonchev–Trinajstić information content (AvgIpc) is 3.12. The predicted molar refractivity (Wildman–Crippen MR) is 74.3 cm³/mol. The molecule has 3 heteroatoms. The molecule has 0 heterocycles. The molecule has 18 heavy (non-hydrogen) atoms. The zero-order valence-corrected chi connectivity index (χ0v) is 11.4. The SMILES string of the molecule is NCC1(c2ccc(Cl)c(OCC3CC3)c2)CCC1. The molecule has 0 radical (unpaired) electrons. The van der Waals surface area contributed by atoms with Crippen LogP contribution < -0.4 is 10.5 Å². The maximum absolute atomic E-state index is 6.20. The number of hydrogen-bond donors (Lipinski definition) is 1. The van der Waals surface area contributed by atoms with Crippen molar-refractivity contribution in [1.29, 1.82) is 0 Å². The quantitative estimate of drug-likeness (QED) is 0.884. The van der Waals surface area contributed by atoms with Gasteiger partial charge in [-0.05, 0) is 49.3 Å². The maximum Gasteiger partial charge on any atom is 0.138 e. The van der Waals surface area contributed by atoms with Crippen LogP contribution in [0.3, 0.4) is 0 Å². The van der Waals surface area contributed by atoms with E-state index in [4.69, 9.17) is 22.1 Å². The first kappa shape index (κ1) is 12.3. The minimum Gasteiger partial charge on any atom is -0.492 e. The van der Waals surface area contributed by atoms with Crippen LogP contribution in [0.4, 0.5) is 0 Å². The van der Waals surface area contributed by atoms with E-state index in [9.17, 15) is 0 Å². The molecule has 0 bridgehead atoms. The molecule has 2 N–H and O–H groups in total. The van der Waals surface area contributed by atoms with Gasteiger partial charge >= 0.3 is 0 Å². The molecule has 0 aliphatic heterocycles. The topological polar surface area (TPSA) is 35.2 Å². The summed E-state index contributed by atoms with van der Waals surface area (Å²) in [5, 5.41) is 0.714. The van der Waals surface area contributed by atoms with Crippen LogP contribution in [-0.4, -0.2) is 13.2 Å². The van der Waals surface area contributed by atoms with Gasteiger partial charge in [-0.15, -0.1) is 0 Å². The highest BCUT2D eigenvalue weighted by atomic mass is 35.5. The fourth-order valence-corrected chi connectivity index (χ4v) is 2.82. The third-order valence-electron chi connectivity index (χ3n) is 4.42. The molecule has 98 valence electrons. The van der Waals surface area contributed by atoms with E-state index in [-0.39, 0.29) is 5.41 Å². The summed E-state index contributed by atoms with van der Waals surface area (Å²) in [6, 6.07) is 6.17. The van der Waals surface area contributed by atoms with Crippen molar-refractivity contribution < 1.29 is 4.74 Å². The van der Waals surface area contributed by atoms with E-state index in [0.717, 1.165) is 24.8 Å². The number of rotatable bonds is 5. The molecule has 2 saturated carbocycles. The number of ether oxygens (including phenoxy) is 1. The van der Waals surface area contributed by atoms with E-state index in [0.29, 0.717) is 5.02 Å². The van der Waals surface area contributed by atoms with Gasteiger partial charge in [0.15, 0.2) is 0 Å². The van der Waals surface area contributed by atoms with Gasteiger partial charge in [0.25, 0.3) is 0 Å². The maximum atomic E-state index is 6.20. The molecule has 2 aliphatic rings. The van der Waals surface area contributed by atoms with Gasteiger partial charge in [-0.1, -0.05) is 24.1 Å². The summed E-state index contributed by atoms with van der Waals surface area (Å²) in [5.41, 5.74) is 7.43. The van der Waals surface area contributed by atoms with Gasteiger partial charge in [-0.3, -0.25) is 0 Å². The summed E-state index contributed by atoms with van der Waals surface area (Å²) in [7, 11) is 0. The highest BCUT2D eigenvalue weighted by molar-refractivity contribution is 6.32. The molecule has 0 aromatic heterocycles. The molecule has 1 aromatic carbocycles. The van der Waals surface area contributed by atoms with Crippen molar-refractivity contribution in [1.82, 2.24) is 0 Å². The van der Waals surface area contributed by atoms with E-state index in [1.54, 1.807) is 0 Å². The van der Waals surface area contributed by atoms with Gasteiger partial charge in [0, 0.05) is 12.0 Å². The number of benzene rings is 1. The van der Waals surface area contributed by atoms with Crippen molar-refractivity contribution in [3.8, 4) is 5.75 Å². The van der Waals surface area contributed by atoms with Crippen LogP contribution in [0.25, 0.3) is 0 Å². The lowest BCUT2D eigenvalue weighted by Gasteiger charge is -2.41. The van der Waals surface area contributed by atoms with Crippen LogP contribution in [0.15, 0.2) is 18.2 Å². The summed E-state index contributed by atoms with van der Waals surface area (Å²) in [5.74, 6) is 1.58. The van der Waals surface area contributed by atoms with Crippen molar-refractivity contribution in [2.24, 2.45) is 11.7 Å². The summed E-state index contributed by atoms with van der Waals surface area (Å²) >= 11 is 6.20. The Morgan fingerprint density at radius 2 is 2.11 bits per heavy atom. The molecule has 0 spiro atoms. The van der Waals surface area contributed by atoms with Gasteiger partial charge in [-0.2, -0.15) is 0 Å². The van der Waals surface area contributed by atoms with Crippen molar-refractivity contribution in [2.45, 2.75) is 37.5 Å². The van der Waals surface area contributed by atoms with Gasteiger partial charge in [-0.25, -0.2) is 0 Å². The standard InChI is InChI=1S/C15H20ClNO/c16-13-5-4-12(15(10-17)6-1-7-15)8-14(13)18-9-11-2-3-11/h4-5,8,11H,1-3,6-7,9-10,17H2. The van der Waals surface area contributed by atoms with E-state index in [1.807, 2.05) is 6.07 Å². The Kier molecular flexibility index (Phi) is 3.25. The first-order chi connectivity index (χ1) is 8.73. The number of hydrogen-bond acceptors (Lipinski definition) is 2. The number of halogens is 1. The highest BCUT2D eigenvalue weighted by Gasteiger charge is 2.37. The second-order valence-corrected chi connectivity index (χ2v) is 6.14. The fraction of sp³-hybridized carbons (Fsp3) is 0.600. The monoisotopic (exact) mass is 265 g/mol. The predicted octanol–water partition coefficient (Wildman–Crippen LogP) is 3.51. The van der Waals surface area contributed by atoms with Crippen LogP contribution in [0.5, 0.6) is 5.75 Å². The Morgan fingerprint density at radius 1 is 1.33 bits per heavy atom. The van der Waals surface area contributed by atoms with Crippen molar-refractivity contribution in [3.63, 3.8) is 0 Å². The van der Waals surface area contributed by atoms with Crippen LogP contribution in [0.2, 0.25) is 5.02 Å². The highest BCUT2D eigenvalue weighted by Crippen LogP contribution is 2.44. The smallest absolute Gasteiger partial charge is 0.138 e. The lowest BCUT2D eigenvalue weighted by Crippen LogP contribution is -2.41. The largest absolute Gasteiger partial charge is 0.492 e. The Labute approximate surface area is 113 Å². The molecule has 0 unspecified atom stereocenters. The normalized spacial score (nSPS) is 21.4. The first-order valence-electron chi connectivity index (χ1n) is 6.86. The van der Waals surface area contributed by atoms with Crippen molar-refractivity contribution in [3.05, 3.63) is 28.8 Å². The molecule has 0 amide bonds. The molecule has 2 nitrogen and oxygen atoms in total. The minimum absolute atomic E-state index is 0.183. The summed E-state index contributed by atoms with van der Waals surface area (Å²) in [4.78, 5) is 0. The van der Waals surface area contributed by atoms with E-state index in [2.05, 4.69) is 12.1 Å². The molecule has 0 atom stereocenters. The lowest BCUT2D eigenvalue weighted by atomic mass is 9.64. The summed E-state index contributed by atoms with van der Waals surface area (Å²) in [6.07, 6.45) is 6.24. The van der Waals surface area contributed by atoms with Crippen LogP contribution >= 0.6 is 11.6 Å². The molecule has 0 saturated heterocycles. The molecular formula is C15H20ClNO.